The molecular weight excluding hydrogens is 205 g/mol. The monoisotopic (exact) mass is 223 g/mol. The summed E-state index contributed by atoms with van der Waals surface area (Å²) in [5, 5.41) is 2.58. The van der Waals surface area contributed by atoms with Gasteiger partial charge in [0, 0.05) is 6.42 Å². The zero-order chi connectivity index (χ0) is 12.3. The van der Waals surface area contributed by atoms with E-state index in [9.17, 15) is 9.18 Å². The zero-order valence-electron chi connectivity index (χ0n) is 10.2. The molecule has 0 aliphatic rings. The number of anilines is 1. The molecule has 16 heavy (non-hydrogen) atoms. The fourth-order valence-electron chi connectivity index (χ4n) is 1.40. The molecule has 2 nitrogen and oxygen atoms in total. The molecule has 0 spiro atoms. The molecule has 0 heterocycles. The SMILES string of the molecule is Cc1ccc(NC(=O)CC(C)(C)C)c(F)c1. The van der Waals surface area contributed by atoms with Crippen LogP contribution in [0.4, 0.5) is 10.1 Å². The van der Waals surface area contributed by atoms with Crippen molar-refractivity contribution in [3.8, 4) is 0 Å². The summed E-state index contributed by atoms with van der Waals surface area (Å²) in [6.07, 6.45) is 0.375. The van der Waals surface area contributed by atoms with Crippen LogP contribution in [0.5, 0.6) is 0 Å². The van der Waals surface area contributed by atoms with Crippen LogP contribution in [-0.4, -0.2) is 5.91 Å². The van der Waals surface area contributed by atoms with E-state index in [1.807, 2.05) is 27.7 Å². The molecule has 1 rings (SSSR count). The highest BCUT2D eigenvalue weighted by molar-refractivity contribution is 5.91. The maximum atomic E-state index is 13.4. The van der Waals surface area contributed by atoms with E-state index in [1.165, 1.54) is 6.07 Å². The summed E-state index contributed by atoms with van der Waals surface area (Å²) >= 11 is 0. The van der Waals surface area contributed by atoms with Crippen LogP contribution in [0.3, 0.4) is 0 Å². The van der Waals surface area contributed by atoms with Gasteiger partial charge in [-0.05, 0) is 30.0 Å². The van der Waals surface area contributed by atoms with E-state index in [2.05, 4.69) is 5.32 Å². The second-order valence-electron chi connectivity index (χ2n) is 5.27. The van der Waals surface area contributed by atoms with E-state index in [-0.39, 0.29) is 22.8 Å². The topological polar surface area (TPSA) is 29.1 Å². The van der Waals surface area contributed by atoms with Crippen molar-refractivity contribution in [2.75, 3.05) is 5.32 Å². The quantitative estimate of drug-likeness (QED) is 0.816. The lowest BCUT2D eigenvalue weighted by Crippen LogP contribution is -2.20. The van der Waals surface area contributed by atoms with Gasteiger partial charge in [-0.15, -0.1) is 0 Å². The number of rotatable bonds is 2. The van der Waals surface area contributed by atoms with E-state index in [4.69, 9.17) is 0 Å². The van der Waals surface area contributed by atoms with Gasteiger partial charge in [-0.25, -0.2) is 4.39 Å². The summed E-state index contributed by atoms with van der Waals surface area (Å²) in [4.78, 5) is 11.6. The Morgan fingerprint density at radius 3 is 2.50 bits per heavy atom. The number of carbonyl (C=O) groups excluding carboxylic acids is 1. The van der Waals surface area contributed by atoms with Crippen molar-refractivity contribution in [3.63, 3.8) is 0 Å². The first-order chi connectivity index (χ1) is 7.28. The molecule has 0 aliphatic carbocycles. The molecule has 0 unspecified atom stereocenters. The third-order valence-corrected chi connectivity index (χ3v) is 2.09. The molecule has 0 aliphatic heterocycles. The third kappa shape index (κ3) is 4.01. The number of hydrogen-bond acceptors (Lipinski definition) is 1. The van der Waals surface area contributed by atoms with Gasteiger partial charge in [-0.1, -0.05) is 26.8 Å². The Labute approximate surface area is 95.9 Å². The fraction of sp³-hybridized carbons (Fsp3) is 0.462. The largest absolute Gasteiger partial charge is 0.324 e. The Bertz CT molecular complexity index is 393. The Morgan fingerprint density at radius 2 is 2.00 bits per heavy atom. The lowest BCUT2D eigenvalue weighted by Gasteiger charge is -2.17. The highest BCUT2D eigenvalue weighted by atomic mass is 19.1. The number of carbonyl (C=O) groups is 1. The van der Waals surface area contributed by atoms with Crippen LogP contribution in [-0.2, 0) is 4.79 Å². The molecule has 1 aromatic rings. The Morgan fingerprint density at radius 1 is 1.38 bits per heavy atom. The van der Waals surface area contributed by atoms with Crippen LogP contribution in [0, 0.1) is 18.2 Å². The molecule has 1 amide bonds. The van der Waals surface area contributed by atoms with Crippen LogP contribution in [0.15, 0.2) is 18.2 Å². The number of aryl methyl sites for hydroxylation is 1. The predicted octanol–water partition coefficient (Wildman–Crippen LogP) is 3.51. The molecule has 0 bridgehead atoms. The molecule has 88 valence electrons. The highest BCUT2D eigenvalue weighted by Crippen LogP contribution is 2.21. The maximum absolute atomic E-state index is 13.4. The van der Waals surface area contributed by atoms with Gasteiger partial charge in [0.1, 0.15) is 5.82 Å². The zero-order valence-corrected chi connectivity index (χ0v) is 10.2. The second kappa shape index (κ2) is 4.64. The number of hydrogen-bond donors (Lipinski definition) is 1. The lowest BCUT2D eigenvalue weighted by atomic mass is 9.92. The van der Waals surface area contributed by atoms with Crippen molar-refractivity contribution in [2.45, 2.75) is 34.1 Å². The van der Waals surface area contributed by atoms with Gasteiger partial charge in [0.2, 0.25) is 5.91 Å². The minimum absolute atomic E-state index is 0.0920. The average Bonchev–Trinajstić information content (AvgIpc) is 2.06. The van der Waals surface area contributed by atoms with E-state index < -0.39 is 0 Å². The molecule has 0 radical (unpaired) electrons. The summed E-state index contributed by atoms with van der Waals surface area (Å²) in [5.74, 6) is -0.544. The summed E-state index contributed by atoms with van der Waals surface area (Å²) in [6, 6.07) is 4.77. The first-order valence-electron chi connectivity index (χ1n) is 5.34. The number of amides is 1. The van der Waals surface area contributed by atoms with Crippen molar-refractivity contribution in [1.29, 1.82) is 0 Å². The predicted molar refractivity (Wildman–Crippen MR) is 63.8 cm³/mol. The standard InChI is InChI=1S/C13H18FNO/c1-9-5-6-11(10(14)7-9)15-12(16)8-13(2,3)4/h5-7H,8H2,1-4H3,(H,15,16). The van der Waals surface area contributed by atoms with Gasteiger partial charge in [0.15, 0.2) is 0 Å². The van der Waals surface area contributed by atoms with E-state index in [0.717, 1.165) is 5.56 Å². The van der Waals surface area contributed by atoms with Crippen LogP contribution >= 0.6 is 0 Å². The third-order valence-electron chi connectivity index (χ3n) is 2.09. The van der Waals surface area contributed by atoms with Crippen LogP contribution in [0.25, 0.3) is 0 Å². The Balaban J connectivity index is 2.70. The average molecular weight is 223 g/mol. The minimum atomic E-state index is -0.387. The van der Waals surface area contributed by atoms with E-state index >= 15 is 0 Å². The number of halogens is 1. The Kier molecular flexibility index (Phi) is 3.68. The normalized spacial score (nSPS) is 11.3. The molecule has 0 saturated heterocycles. The fourth-order valence-corrected chi connectivity index (χ4v) is 1.40. The van der Waals surface area contributed by atoms with Gasteiger partial charge >= 0.3 is 0 Å². The highest BCUT2D eigenvalue weighted by Gasteiger charge is 2.16. The molecule has 0 aromatic heterocycles. The molecule has 1 N–H and O–H groups in total. The van der Waals surface area contributed by atoms with Gasteiger partial charge in [-0.2, -0.15) is 0 Å². The molecule has 0 saturated carbocycles. The van der Waals surface area contributed by atoms with E-state index in [0.29, 0.717) is 6.42 Å². The maximum Gasteiger partial charge on any atom is 0.224 e. The van der Waals surface area contributed by atoms with Gasteiger partial charge in [0.25, 0.3) is 0 Å². The minimum Gasteiger partial charge on any atom is -0.324 e. The first-order valence-corrected chi connectivity index (χ1v) is 5.34. The van der Waals surface area contributed by atoms with Crippen molar-refractivity contribution >= 4 is 11.6 Å². The van der Waals surface area contributed by atoms with E-state index in [1.54, 1.807) is 12.1 Å². The molecule has 0 atom stereocenters. The van der Waals surface area contributed by atoms with Crippen molar-refractivity contribution in [1.82, 2.24) is 0 Å². The van der Waals surface area contributed by atoms with Gasteiger partial charge in [-0.3, -0.25) is 4.79 Å². The summed E-state index contributed by atoms with van der Waals surface area (Å²) < 4.78 is 13.4. The second-order valence-corrected chi connectivity index (χ2v) is 5.27. The molecule has 1 aromatic carbocycles. The smallest absolute Gasteiger partial charge is 0.224 e. The summed E-state index contributed by atoms with van der Waals surface area (Å²) in [5.41, 5.74) is 0.997. The van der Waals surface area contributed by atoms with Crippen LogP contribution < -0.4 is 5.32 Å². The molecular formula is C13H18FNO. The van der Waals surface area contributed by atoms with Crippen molar-refractivity contribution in [2.24, 2.45) is 5.41 Å². The lowest BCUT2D eigenvalue weighted by molar-refractivity contribution is -0.117. The molecule has 3 heteroatoms. The van der Waals surface area contributed by atoms with Gasteiger partial charge in [0.05, 0.1) is 5.69 Å². The van der Waals surface area contributed by atoms with Crippen molar-refractivity contribution < 1.29 is 9.18 Å². The molecule has 0 fully saturated rings. The number of benzene rings is 1. The van der Waals surface area contributed by atoms with Crippen LogP contribution in [0.1, 0.15) is 32.8 Å². The summed E-state index contributed by atoms with van der Waals surface area (Å²) in [7, 11) is 0. The first kappa shape index (κ1) is 12.7. The Hall–Kier alpha value is -1.38. The van der Waals surface area contributed by atoms with Crippen LogP contribution in [0.2, 0.25) is 0 Å². The van der Waals surface area contributed by atoms with Gasteiger partial charge < -0.3 is 5.32 Å². The van der Waals surface area contributed by atoms with Crippen molar-refractivity contribution in [3.05, 3.63) is 29.6 Å². The summed E-state index contributed by atoms with van der Waals surface area (Å²) in [6.45, 7) is 7.72. The number of nitrogens with one attached hydrogen (secondary N) is 1.